The summed E-state index contributed by atoms with van der Waals surface area (Å²) < 4.78 is 0. The van der Waals surface area contributed by atoms with Crippen molar-refractivity contribution >= 4 is 0 Å². The summed E-state index contributed by atoms with van der Waals surface area (Å²) in [6.45, 7) is 6.85. The topological polar surface area (TPSA) is 0 Å². The first-order valence-corrected chi connectivity index (χ1v) is 3.29. The van der Waals surface area contributed by atoms with Gasteiger partial charge in [0.1, 0.15) is 0 Å². The van der Waals surface area contributed by atoms with Crippen molar-refractivity contribution in [3.05, 3.63) is 49.1 Å². The third kappa shape index (κ3) is 12.8. The van der Waals surface area contributed by atoms with Crippen LogP contribution in [0.2, 0.25) is 0 Å². The van der Waals surface area contributed by atoms with Gasteiger partial charge in [-0.3, -0.25) is 12.7 Å². The van der Waals surface area contributed by atoms with Crippen LogP contribution in [0.15, 0.2) is 36.5 Å². The van der Waals surface area contributed by atoms with Crippen molar-refractivity contribution in [1.29, 1.82) is 0 Å². The molecule has 0 radical (unpaired) electrons. The standard InChI is InChI=1S/C5H5.C5H7.Ti/c1-2-4-5-3-1;1-3-5-4-2;/h1-3H,4H2;1,3-5H,2H3;/q2*-1;+2. The minimum absolute atomic E-state index is 0. The Hall–Kier alpha value is -0.326. The SMILES string of the molecule is [C-]1=CC=CC1.[CH-]=CC=CC.[Ti+2]. The van der Waals surface area contributed by atoms with Crippen LogP contribution in [0.1, 0.15) is 13.3 Å². The van der Waals surface area contributed by atoms with Crippen molar-refractivity contribution in [2.75, 3.05) is 0 Å². The molecular weight excluding hydrogens is 168 g/mol. The van der Waals surface area contributed by atoms with Crippen LogP contribution in [0.5, 0.6) is 0 Å². The molecule has 0 nitrogen and oxygen atoms in total. The van der Waals surface area contributed by atoms with Crippen LogP contribution in [0.4, 0.5) is 0 Å². The maximum absolute atomic E-state index is 4.93. The van der Waals surface area contributed by atoms with Crippen molar-refractivity contribution in [1.82, 2.24) is 0 Å². The molecular formula is C10H12Ti. The zero-order valence-corrected chi connectivity index (χ0v) is 8.31. The molecule has 0 unspecified atom stereocenters. The van der Waals surface area contributed by atoms with Crippen LogP contribution in [-0.2, 0) is 21.7 Å². The normalized spacial score (nSPS) is 12.1. The average Bonchev–Trinajstić information content (AvgIpc) is 2.44. The predicted molar refractivity (Wildman–Crippen MR) is 45.3 cm³/mol. The molecule has 56 valence electrons. The van der Waals surface area contributed by atoms with Gasteiger partial charge in [0.2, 0.25) is 0 Å². The van der Waals surface area contributed by atoms with Crippen LogP contribution in [-0.4, -0.2) is 0 Å². The fraction of sp³-hybridized carbons (Fsp3) is 0.200. The summed E-state index contributed by atoms with van der Waals surface area (Å²) in [5.74, 6) is 0. The van der Waals surface area contributed by atoms with E-state index in [0.29, 0.717) is 0 Å². The molecule has 1 rings (SSSR count). The molecule has 0 saturated heterocycles. The second kappa shape index (κ2) is 12.4. The summed E-state index contributed by atoms with van der Waals surface area (Å²) in [4.78, 5) is 0. The Morgan fingerprint density at radius 1 is 1.55 bits per heavy atom. The van der Waals surface area contributed by atoms with Gasteiger partial charge in [0.25, 0.3) is 0 Å². The third-order valence-corrected chi connectivity index (χ3v) is 0.889. The number of hydrogen-bond donors (Lipinski definition) is 0. The summed E-state index contributed by atoms with van der Waals surface area (Å²) in [5.41, 5.74) is 0. The van der Waals surface area contributed by atoms with E-state index in [1.54, 1.807) is 6.08 Å². The summed E-state index contributed by atoms with van der Waals surface area (Å²) in [5, 5.41) is 0. The van der Waals surface area contributed by atoms with E-state index >= 15 is 0 Å². The smallest absolute Gasteiger partial charge is 0.293 e. The fourth-order valence-corrected chi connectivity index (χ4v) is 0.451. The number of allylic oxidation sites excluding steroid dienone is 7. The molecule has 0 N–H and O–H groups in total. The van der Waals surface area contributed by atoms with Gasteiger partial charge >= 0.3 is 21.7 Å². The molecule has 0 aromatic carbocycles. The van der Waals surface area contributed by atoms with Crippen LogP contribution in [0, 0.1) is 12.7 Å². The first-order chi connectivity index (χ1) is 4.91. The molecule has 0 saturated carbocycles. The van der Waals surface area contributed by atoms with Gasteiger partial charge in [0.05, 0.1) is 0 Å². The first kappa shape index (κ1) is 13.3. The zero-order valence-electron chi connectivity index (χ0n) is 6.75. The third-order valence-electron chi connectivity index (χ3n) is 0.889. The Balaban J connectivity index is 0. The summed E-state index contributed by atoms with van der Waals surface area (Å²) >= 11 is 0. The van der Waals surface area contributed by atoms with E-state index < -0.39 is 0 Å². The van der Waals surface area contributed by atoms with Gasteiger partial charge in [0.15, 0.2) is 0 Å². The van der Waals surface area contributed by atoms with Crippen molar-refractivity contribution < 1.29 is 21.7 Å². The molecule has 0 heterocycles. The van der Waals surface area contributed by atoms with Crippen molar-refractivity contribution in [3.63, 3.8) is 0 Å². The molecule has 1 aliphatic carbocycles. The Morgan fingerprint density at radius 3 is 2.36 bits per heavy atom. The molecule has 0 aromatic rings. The van der Waals surface area contributed by atoms with Crippen molar-refractivity contribution in [2.45, 2.75) is 13.3 Å². The van der Waals surface area contributed by atoms with Crippen LogP contribution in [0.25, 0.3) is 0 Å². The zero-order chi connectivity index (χ0) is 7.66. The molecule has 0 fully saturated rings. The minimum Gasteiger partial charge on any atom is -0.293 e. The predicted octanol–water partition coefficient (Wildman–Crippen LogP) is 2.85. The molecule has 0 aliphatic heterocycles. The van der Waals surface area contributed by atoms with Gasteiger partial charge in [0, 0.05) is 0 Å². The van der Waals surface area contributed by atoms with Gasteiger partial charge in [-0.1, -0.05) is 6.92 Å². The van der Waals surface area contributed by atoms with Crippen LogP contribution in [0.3, 0.4) is 0 Å². The maximum atomic E-state index is 4.93. The molecule has 1 heteroatoms. The Morgan fingerprint density at radius 2 is 2.27 bits per heavy atom. The molecule has 0 bridgehead atoms. The second-order valence-corrected chi connectivity index (χ2v) is 1.72. The minimum atomic E-state index is 0. The van der Waals surface area contributed by atoms with E-state index in [4.69, 9.17) is 6.58 Å². The monoisotopic (exact) mass is 180 g/mol. The van der Waals surface area contributed by atoms with Gasteiger partial charge in [-0.2, -0.15) is 12.2 Å². The van der Waals surface area contributed by atoms with E-state index in [-0.39, 0.29) is 21.7 Å². The molecule has 11 heavy (non-hydrogen) atoms. The van der Waals surface area contributed by atoms with Gasteiger partial charge in [-0.15, -0.1) is 6.42 Å². The van der Waals surface area contributed by atoms with Crippen molar-refractivity contribution in [2.24, 2.45) is 0 Å². The number of hydrogen-bond acceptors (Lipinski definition) is 0. The van der Waals surface area contributed by atoms with E-state index in [0.717, 1.165) is 6.42 Å². The number of rotatable bonds is 1. The van der Waals surface area contributed by atoms with Gasteiger partial charge in [-0.05, 0) is 0 Å². The summed E-state index contributed by atoms with van der Waals surface area (Å²) in [6, 6.07) is 0. The quantitative estimate of drug-likeness (QED) is 0.330. The van der Waals surface area contributed by atoms with Crippen LogP contribution < -0.4 is 0 Å². The second-order valence-electron chi connectivity index (χ2n) is 1.72. The fourth-order valence-electron chi connectivity index (χ4n) is 0.451. The van der Waals surface area contributed by atoms with Gasteiger partial charge < -0.3 is 0 Å². The van der Waals surface area contributed by atoms with Crippen molar-refractivity contribution in [3.8, 4) is 0 Å². The van der Waals surface area contributed by atoms with Gasteiger partial charge in [-0.25, -0.2) is 24.3 Å². The molecule has 0 amide bonds. The van der Waals surface area contributed by atoms with E-state index in [2.05, 4.69) is 12.2 Å². The molecule has 1 aliphatic rings. The molecule has 0 atom stereocenters. The van der Waals surface area contributed by atoms with E-state index in [9.17, 15) is 0 Å². The Kier molecular flexibility index (Phi) is 14.9. The van der Waals surface area contributed by atoms with E-state index in [1.807, 2.05) is 25.2 Å². The Labute approximate surface area is 84.3 Å². The Bertz CT molecular complexity index is 140. The largest absolute Gasteiger partial charge is 2.00 e. The first-order valence-electron chi connectivity index (χ1n) is 3.29. The maximum Gasteiger partial charge on any atom is 2.00 e. The van der Waals surface area contributed by atoms with Crippen LogP contribution >= 0.6 is 0 Å². The molecule has 0 spiro atoms. The summed E-state index contributed by atoms with van der Waals surface area (Å²) in [7, 11) is 0. The molecule has 0 aromatic heterocycles. The average molecular weight is 180 g/mol. The van der Waals surface area contributed by atoms with E-state index in [1.165, 1.54) is 6.08 Å². The summed E-state index contributed by atoms with van der Waals surface area (Å²) in [6.07, 6.45) is 15.2.